The van der Waals surface area contributed by atoms with Crippen molar-refractivity contribution in [1.29, 1.82) is 0 Å². The Kier molecular flexibility index (Phi) is 2.36. The van der Waals surface area contributed by atoms with Gasteiger partial charge in [0.15, 0.2) is 0 Å². The zero-order valence-corrected chi connectivity index (χ0v) is 9.67. The van der Waals surface area contributed by atoms with Crippen LogP contribution in [0.1, 0.15) is 39.5 Å². The molecule has 3 N–H and O–H groups in total. The monoisotopic (exact) mass is 226 g/mol. The lowest BCUT2D eigenvalue weighted by Gasteiger charge is -2.27. The lowest BCUT2D eigenvalue weighted by atomic mass is 9.96. The van der Waals surface area contributed by atoms with Crippen molar-refractivity contribution in [3.8, 4) is 0 Å². The normalized spacial score (nSPS) is 25.4. The molecule has 0 saturated heterocycles. The molecule has 2 aliphatic rings. The van der Waals surface area contributed by atoms with Gasteiger partial charge >= 0.3 is 12.0 Å². The van der Waals surface area contributed by atoms with E-state index >= 15 is 0 Å². The summed E-state index contributed by atoms with van der Waals surface area (Å²) >= 11 is 0. The van der Waals surface area contributed by atoms with Gasteiger partial charge in [0.25, 0.3) is 0 Å². The van der Waals surface area contributed by atoms with Gasteiger partial charge in [-0.05, 0) is 45.4 Å². The molecule has 0 heterocycles. The second-order valence-electron chi connectivity index (χ2n) is 5.42. The first-order valence-corrected chi connectivity index (χ1v) is 5.69. The van der Waals surface area contributed by atoms with Crippen LogP contribution in [0.3, 0.4) is 0 Å². The molecule has 2 aliphatic carbocycles. The molecule has 0 radical (unpaired) electrons. The fraction of sp³-hybridized carbons (Fsp3) is 0.818. The molecule has 0 spiro atoms. The Morgan fingerprint density at radius 3 is 2.31 bits per heavy atom. The molecule has 90 valence electrons. The summed E-state index contributed by atoms with van der Waals surface area (Å²) in [7, 11) is 0. The summed E-state index contributed by atoms with van der Waals surface area (Å²) in [5, 5.41) is 14.6. The van der Waals surface area contributed by atoms with Gasteiger partial charge in [0.2, 0.25) is 0 Å². The Balaban J connectivity index is 1.95. The standard InChI is InChI=1S/C11H18N2O3/c1-10(5-6-10)12-9(16)13-11(2,8(14)15)7-3-4-7/h7H,3-6H2,1-2H3,(H,14,15)(H2,12,13,16). The number of carboxylic acids is 1. The number of carboxylic acid groups (broad SMARTS) is 1. The highest BCUT2D eigenvalue weighted by molar-refractivity contribution is 5.87. The van der Waals surface area contributed by atoms with E-state index in [9.17, 15) is 9.59 Å². The van der Waals surface area contributed by atoms with E-state index in [0.29, 0.717) is 0 Å². The van der Waals surface area contributed by atoms with Crippen LogP contribution in [-0.2, 0) is 4.79 Å². The van der Waals surface area contributed by atoms with Crippen molar-refractivity contribution in [1.82, 2.24) is 10.6 Å². The van der Waals surface area contributed by atoms with E-state index in [-0.39, 0.29) is 17.5 Å². The van der Waals surface area contributed by atoms with Crippen LogP contribution in [0.2, 0.25) is 0 Å². The van der Waals surface area contributed by atoms with Gasteiger partial charge in [-0.3, -0.25) is 0 Å². The molecular formula is C11H18N2O3. The summed E-state index contributed by atoms with van der Waals surface area (Å²) in [5.41, 5.74) is -1.23. The third-order valence-corrected chi connectivity index (χ3v) is 3.63. The number of urea groups is 1. The predicted octanol–water partition coefficient (Wildman–Crippen LogP) is 1.09. The van der Waals surface area contributed by atoms with E-state index in [0.717, 1.165) is 25.7 Å². The van der Waals surface area contributed by atoms with Crippen molar-refractivity contribution in [3.63, 3.8) is 0 Å². The molecule has 0 aliphatic heterocycles. The van der Waals surface area contributed by atoms with Crippen molar-refractivity contribution >= 4 is 12.0 Å². The van der Waals surface area contributed by atoms with Gasteiger partial charge in [-0.25, -0.2) is 9.59 Å². The summed E-state index contributed by atoms with van der Waals surface area (Å²) in [5.74, 6) is -0.881. The highest BCUT2D eigenvalue weighted by Gasteiger charge is 2.49. The van der Waals surface area contributed by atoms with Crippen LogP contribution < -0.4 is 10.6 Å². The van der Waals surface area contributed by atoms with Crippen molar-refractivity contribution in [2.75, 3.05) is 0 Å². The molecule has 16 heavy (non-hydrogen) atoms. The lowest BCUT2D eigenvalue weighted by Crippen LogP contribution is -2.58. The van der Waals surface area contributed by atoms with E-state index in [1.807, 2.05) is 6.92 Å². The maximum Gasteiger partial charge on any atom is 0.329 e. The molecule has 5 nitrogen and oxygen atoms in total. The minimum absolute atomic E-state index is 0.0720. The van der Waals surface area contributed by atoms with Crippen LogP contribution in [0.15, 0.2) is 0 Å². The minimum atomic E-state index is -1.12. The van der Waals surface area contributed by atoms with Gasteiger partial charge in [-0.1, -0.05) is 0 Å². The smallest absolute Gasteiger partial charge is 0.329 e. The molecule has 2 saturated carbocycles. The van der Waals surface area contributed by atoms with Gasteiger partial charge in [0.1, 0.15) is 5.54 Å². The Hall–Kier alpha value is -1.26. The van der Waals surface area contributed by atoms with Gasteiger partial charge in [0.05, 0.1) is 0 Å². The summed E-state index contributed by atoms with van der Waals surface area (Å²) in [6.07, 6.45) is 3.68. The first-order valence-electron chi connectivity index (χ1n) is 5.69. The Labute approximate surface area is 94.6 Å². The summed E-state index contributed by atoms with van der Waals surface area (Å²) in [6, 6.07) is -0.364. The fourth-order valence-corrected chi connectivity index (χ4v) is 1.84. The molecule has 2 fully saturated rings. The van der Waals surface area contributed by atoms with Crippen molar-refractivity contribution < 1.29 is 14.7 Å². The van der Waals surface area contributed by atoms with Gasteiger partial charge in [-0.2, -0.15) is 0 Å². The number of amides is 2. The summed E-state index contributed by atoms with van der Waals surface area (Å²) in [4.78, 5) is 22.8. The first-order chi connectivity index (χ1) is 7.36. The van der Waals surface area contributed by atoms with E-state index in [1.54, 1.807) is 6.92 Å². The zero-order chi connectivity index (χ0) is 12.0. The lowest BCUT2D eigenvalue weighted by molar-refractivity contribution is -0.144. The van der Waals surface area contributed by atoms with Gasteiger partial charge < -0.3 is 15.7 Å². The van der Waals surface area contributed by atoms with Crippen LogP contribution >= 0.6 is 0 Å². The van der Waals surface area contributed by atoms with Crippen LogP contribution in [0.25, 0.3) is 0 Å². The molecule has 1 atom stereocenters. The quantitative estimate of drug-likeness (QED) is 0.671. The Bertz CT molecular complexity index is 334. The topological polar surface area (TPSA) is 78.4 Å². The number of carbonyl (C=O) groups excluding carboxylic acids is 1. The van der Waals surface area contributed by atoms with Crippen LogP contribution in [0, 0.1) is 5.92 Å². The molecule has 0 aromatic carbocycles. The Morgan fingerprint density at radius 1 is 1.38 bits per heavy atom. The number of hydrogen-bond donors (Lipinski definition) is 3. The number of carbonyl (C=O) groups is 2. The van der Waals surface area contributed by atoms with Gasteiger partial charge in [-0.15, -0.1) is 0 Å². The van der Waals surface area contributed by atoms with E-state index in [1.165, 1.54) is 0 Å². The summed E-state index contributed by atoms with van der Waals surface area (Å²) in [6.45, 7) is 3.55. The molecule has 0 aromatic rings. The molecular weight excluding hydrogens is 208 g/mol. The fourth-order valence-electron chi connectivity index (χ4n) is 1.84. The highest BCUT2D eigenvalue weighted by Crippen LogP contribution is 2.40. The maximum atomic E-state index is 11.7. The van der Waals surface area contributed by atoms with Crippen molar-refractivity contribution in [2.24, 2.45) is 5.92 Å². The van der Waals surface area contributed by atoms with Crippen LogP contribution in [0.4, 0.5) is 4.79 Å². The molecule has 5 heteroatoms. The average molecular weight is 226 g/mol. The SMILES string of the molecule is CC1(NC(=O)NC(C)(C(=O)O)C2CC2)CC1. The molecule has 2 rings (SSSR count). The molecule has 0 aromatic heterocycles. The third kappa shape index (κ3) is 2.13. The molecule has 1 unspecified atom stereocenters. The van der Waals surface area contributed by atoms with Crippen molar-refractivity contribution in [2.45, 2.75) is 50.6 Å². The first kappa shape index (κ1) is 11.2. The molecule has 2 amide bonds. The van der Waals surface area contributed by atoms with E-state index < -0.39 is 11.5 Å². The maximum absolute atomic E-state index is 11.7. The second-order valence-corrected chi connectivity index (χ2v) is 5.42. The summed E-state index contributed by atoms with van der Waals surface area (Å²) < 4.78 is 0. The zero-order valence-electron chi connectivity index (χ0n) is 9.67. The van der Waals surface area contributed by atoms with Crippen molar-refractivity contribution in [3.05, 3.63) is 0 Å². The van der Waals surface area contributed by atoms with Gasteiger partial charge in [0, 0.05) is 5.54 Å². The Morgan fingerprint density at radius 2 is 1.94 bits per heavy atom. The number of rotatable bonds is 4. The predicted molar refractivity (Wildman–Crippen MR) is 58.1 cm³/mol. The average Bonchev–Trinajstić information content (AvgIpc) is 2.99. The van der Waals surface area contributed by atoms with Crippen LogP contribution in [-0.4, -0.2) is 28.2 Å². The minimum Gasteiger partial charge on any atom is -0.480 e. The third-order valence-electron chi connectivity index (χ3n) is 3.63. The number of aliphatic carboxylic acids is 1. The highest BCUT2D eigenvalue weighted by atomic mass is 16.4. The largest absolute Gasteiger partial charge is 0.480 e. The van der Waals surface area contributed by atoms with E-state index in [4.69, 9.17) is 5.11 Å². The molecule has 0 bridgehead atoms. The number of nitrogens with one attached hydrogen (secondary N) is 2. The van der Waals surface area contributed by atoms with E-state index in [2.05, 4.69) is 10.6 Å². The number of hydrogen-bond acceptors (Lipinski definition) is 2. The second kappa shape index (κ2) is 3.37. The van der Waals surface area contributed by atoms with Crippen LogP contribution in [0.5, 0.6) is 0 Å².